The molecule has 0 unspecified atom stereocenters. The van der Waals surface area contributed by atoms with Crippen molar-refractivity contribution < 1.29 is 32.2 Å². The maximum absolute atomic E-state index is 13.6. The predicted molar refractivity (Wildman–Crippen MR) is 100 cm³/mol. The zero-order valence-electron chi connectivity index (χ0n) is 16.1. The van der Waals surface area contributed by atoms with Gasteiger partial charge in [0.2, 0.25) is 6.79 Å². The molecular weight excluding hydrogens is 417 g/mol. The van der Waals surface area contributed by atoms with Crippen molar-refractivity contribution >= 4 is 23.0 Å². The molecule has 1 amide bonds. The minimum Gasteiger partial charge on any atom is -0.454 e. The molecule has 11 heteroatoms. The van der Waals surface area contributed by atoms with E-state index in [1.54, 1.807) is 0 Å². The van der Waals surface area contributed by atoms with Crippen molar-refractivity contribution in [3.05, 3.63) is 46.9 Å². The van der Waals surface area contributed by atoms with Gasteiger partial charge in [0, 0.05) is 29.3 Å². The van der Waals surface area contributed by atoms with Gasteiger partial charge in [-0.25, -0.2) is 9.50 Å². The van der Waals surface area contributed by atoms with Crippen LogP contribution in [-0.4, -0.2) is 33.1 Å². The molecule has 0 saturated heterocycles. The summed E-state index contributed by atoms with van der Waals surface area (Å²) in [5.41, 5.74) is -0.683. The highest BCUT2D eigenvalue weighted by Gasteiger charge is 2.37. The Hall–Kier alpha value is -3.63. The molecule has 0 spiro atoms. The van der Waals surface area contributed by atoms with Crippen LogP contribution < -0.4 is 14.8 Å². The zero-order valence-corrected chi connectivity index (χ0v) is 16.1. The van der Waals surface area contributed by atoms with Crippen LogP contribution in [0.4, 0.5) is 18.9 Å². The Bertz CT molecular complexity index is 1250. The number of alkyl halides is 3. The van der Waals surface area contributed by atoms with E-state index in [2.05, 4.69) is 15.4 Å². The van der Waals surface area contributed by atoms with Gasteiger partial charge in [0.25, 0.3) is 5.91 Å². The van der Waals surface area contributed by atoms with E-state index in [-0.39, 0.29) is 41.1 Å². The number of carbonyl (C=O) groups excluding carboxylic acids is 2. The molecule has 0 radical (unpaired) electrons. The summed E-state index contributed by atoms with van der Waals surface area (Å²) in [6, 6.07) is 5.04. The largest absolute Gasteiger partial charge is 0.454 e. The monoisotopic (exact) mass is 432 g/mol. The Morgan fingerprint density at radius 3 is 2.48 bits per heavy atom. The number of ketones is 1. The van der Waals surface area contributed by atoms with E-state index >= 15 is 0 Å². The summed E-state index contributed by atoms with van der Waals surface area (Å²) in [5, 5.41) is 6.35. The number of fused-ring (bicyclic) bond motifs is 2. The van der Waals surface area contributed by atoms with Crippen molar-refractivity contribution in [2.45, 2.75) is 31.9 Å². The van der Waals surface area contributed by atoms with E-state index in [1.165, 1.54) is 25.1 Å². The van der Waals surface area contributed by atoms with Gasteiger partial charge in [0.1, 0.15) is 5.69 Å². The number of hydrogen-bond donors (Lipinski definition) is 1. The molecule has 2 aliphatic rings. The molecule has 160 valence electrons. The topological polar surface area (TPSA) is 94.8 Å². The van der Waals surface area contributed by atoms with Crippen LogP contribution in [0, 0.1) is 0 Å². The Morgan fingerprint density at radius 2 is 1.84 bits per heavy atom. The zero-order chi connectivity index (χ0) is 21.9. The van der Waals surface area contributed by atoms with Crippen LogP contribution in [0.15, 0.2) is 24.3 Å². The lowest BCUT2D eigenvalue weighted by Crippen LogP contribution is -2.17. The molecule has 1 fully saturated rings. The van der Waals surface area contributed by atoms with E-state index in [0.29, 0.717) is 21.7 Å². The van der Waals surface area contributed by atoms with Gasteiger partial charge in [-0.2, -0.15) is 18.3 Å². The molecule has 1 saturated carbocycles. The van der Waals surface area contributed by atoms with Gasteiger partial charge in [-0.3, -0.25) is 9.59 Å². The number of hydrogen-bond acceptors (Lipinski definition) is 6. The summed E-state index contributed by atoms with van der Waals surface area (Å²) >= 11 is 0. The Morgan fingerprint density at radius 1 is 1.13 bits per heavy atom. The number of Topliss-reactive ketones (excluding diaryl/α,β-unsaturated/α-hetero) is 1. The van der Waals surface area contributed by atoms with Crippen molar-refractivity contribution in [1.29, 1.82) is 0 Å². The van der Waals surface area contributed by atoms with Crippen LogP contribution in [0.5, 0.6) is 11.5 Å². The Labute approximate surface area is 173 Å². The minimum atomic E-state index is -4.66. The van der Waals surface area contributed by atoms with Gasteiger partial charge in [0.05, 0.1) is 5.69 Å². The molecule has 1 aliphatic heterocycles. The van der Waals surface area contributed by atoms with Gasteiger partial charge in [-0.15, -0.1) is 0 Å². The van der Waals surface area contributed by atoms with Gasteiger partial charge in [0.15, 0.2) is 28.6 Å². The second-order valence-electron chi connectivity index (χ2n) is 7.40. The molecular formula is C20H15F3N4O4. The number of rotatable bonds is 4. The molecule has 1 aliphatic carbocycles. The van der Waals surface area contributed by atoms with Crippen molar-refractivity contribution in [2.24, 2.45) is 0 Å². The molecule has 8 nitrogen and oxygen atoms in total. The van der Waals surface area contributed by atoms with E-state index in [9.17, 15) is 22.8 Å². The highest BCUT2D eigenvalue weighted by atomic mass is 19.4. The normalized spacial score (nSPS) is 15.4. The fourth-order valence-electron chi connectivity index (χ4n) is 3.42. The standard InChI is InChI=1S/C20H15F3N4O4/c1-9(28)11-4-15-16(31-8-30-15)5-13(11)25-19(29)14-7-18-24-12(10-2-3-10)6-17(20(21,22)23)27(18)26-14/h4-7,10H,2-3,8H2,1H3,(H,25,29). The Kier molecular flexibility index (Phi) is 4.17. The maximum Gasteiger partial charge on any atom is 0.433 e. The number of nitrogens with zero attached hydrogens (tertiary/aromatic N) is 3. The fourth-order valence-corrected chi connectivity index (χ4v) is 3.42. The summed E-state index contributed by atoms with van der Waals surface area (Å²) < 4.78 is 51.8. The number of benzene rings is 1. The van der Waals surface area contributed by atoms with Gasteiger partial charge in [-0.05, 0) is 31.9 Å². The van der Waals surface area contributed by atoms with Crippen LogP contribution in [0.3, 0.4) is 0 Å². The number of halogens is 3. The summed E-state index contributed by atoms with van der Waals surface area (Å²) in [4.78, 5) is 29.0. The van der Waals surface area contributed by atoms with E-state index in [1.807, 2.05) is 0 Å². The summed E-state index contributed by atoms with van der Waals surface area (Å²) in [6.07, 6.45) is -3.11. The lowest BCUT2D eigenvalue weighted by molar-refractivity contribution is -0.142. The third kappa shape index (κ3) is 3.45. The first-order valence-corrected chi connectivity index (χ1v) is 9.44. The minimum absolute atomic E-state index is 0.00923. The highest BCUT2D eigenvalue weighted by Crippen LogP contribution is 2.41. The summed E-state index contributed by atoms with van der Waals surface area (Å²) in [5.74, 6) is -0.426. The smallest absolute Gasteiger partial charge is 0.433 e. The van der Waals surface area contributed by atoms with Gasteiger partial charge in [-0.1, -0.05) is 0 Å². The lowest BCUT2D eigenvalue weighted by atomic mass is 10.1. The van der Waals surface area contributed by atoms with Crippen LogP contribution in [0.1, 0.15) is 57.9 Å². The first-order chi connectivity index (χ1) is 14.7. The average molecular weight is 432 g/mol. The first kappa shape index (κ1) is 19.3. The molecule has 0 bridgehead atoms. The molecule has 2 aromatic heterocycles. The fraction of sp³-hybridized carbons (Fsp3) is 0.300. The number of amides is 1. The van der Waals surface area contributed by atoms with Crippen molar-refractivity contribution in [3.63, 3.8) is 0 Å². The molecule has 1 N–H and O–H groups in total. The lowest BCUT2D eigenvalue weighted by Gasteiger charge is -2.10. The van der Waals surface area contributed by atoms with Gasteiger partial charge >= 0.3 is 6.18 Å². The molecule has 31 heavy (non-hydrogen) atoms. The van der Waals surface area contributed by atoms with Crippen LogP contribution in [0.2, 0.25) is 0 Å². The number of anilines is 1. The summed E-state index contributed by atoms with van der Waals surface area (Å²) in [6.45, 7) is 1.29. The van der Waals surface area contributed by atoms with Crippen molar-refractivity contribution in [2.75, 3.05) is 12.1 Å². The van der Waals surface area contributed by atoms with E-state index in [0.717, 1.165) is 18.9 Å². The molecule has 1 aromatic carbocycles. The van der Waals surface area contributed by atoms with E-state index in [4.69, 9.17) is 9.47 Å². The third-order valence-electron chi connectivity index (χ3n) is 5.11. The van der Waals surface area contributed by atoms with Crippen LogP contribution in [0.25, 0.3) is 5.65 Å². The Balaban J connectivity index is 1.53. The number of aromatic nitrogens is 3. The highest BCUT2D eigenvalue weighted by molar-refractivity contribution is 6.09. The van der Waals surface area contributed by atoms with Crippen molar-refractivity contribution in [3.8, 4) is 11.5 Å². The number of ether oxygens (including phenoxy) is 2. The number of carbonyl (C=O) groups is 2. The van der Waals surface area contributed by atoms with Crippen LogP contribution >= 0.6 is 0 Å². The maximum atomic E-state index is 13.6. The van der Waals surface area contributed by atoms with E-state index < -0.39 is 17.8 Å². The summed E-state index contributed by atoms with van der Waals surface area (Å²) in [7, 11) is 0. The third-order valence-corrected chi connectivity index (χ3v) is 5.11. The second-order valence-corrected chi connectivity index (χ2v) is 7.40. The van der Waals surface area contributed by atoms with Crippen molar-refractivity contribution in [1.82, 2.24) is 14.6 Å². The first-order valence-electron chi connectivity index (χ1n) is 9.44. The quantitative estimate of drug-likeness (QED) is 0.630. The second kappa shape index (κ2) is 6.69. The molecule has 3 aromatic rings. The average Bonchev–Trinajstić information content (AvgIpc) is 3.29. The van der Waals surface area contributed by atoms with Gasteiger partial charge < -0.3 is 14.8 Å². The molecule has 0 atom stereocenters. The predicted octanol–water partition coefficient (Wildman–Crippen LogP) is 3.81. The van der Waals surface area contributed by atoms with Crippen LogP contribution in [-0.2, 0) is 6.18 Å². The number of nitrogens with one attached hydrogen (secondary N) is 1. The SMILES string of the molecule is CC(=O)c1cc2c(cc1NC(=O)c1cc3nc(C4CC4)cc(C(F)(F)F)n3n1)OCO2. The molecule has 3 heterocycles. The molecule has 5 rings (SSSR count).